The summed E-state index contributed by atoms with van der Waals surface area (Å²) in [6.45, 7) is 0.811. The molecule has 1 heterocycles. The van der Waals surface area contributed by atoms with Gasteiger partial charge in [0.05, 0.1) is 12.5 Å². The van der Waals surface area contributed by atoms with E-state index in [1.54, 1.807) is 0 Å². The predicted molar refractivity (Wildman–Crippen MR) is 63.6 cm³/mol. The summed E-state index contributed by atoms with van der Waals surface area (Å²) in [5.41, 5.74) is 4.95. The quantitative estimate of drug-likeness (QED) is 0.579. The van der Waals surface area contributed by atoms with Gasteiger partial charge in [0, 0.05) is 0 Å². The summed E-state index contributed by atoms with van der Waals surface area (Å²) in [5, 5.41) is 11.3. The molecule has 1 rings (SSSR count). The number of likely N-dealkylation sites (tertiary alicyclic amines) is 1. The molecule has 7 heteroatoms. The lowest BCUT2D eigenvalue weighted by Gasteiger charge is -2.31. The topological polar surface area (TPSA) is 113 Å². The minimum Gasteiger partial charge on any atom is -0.480 e. The minimum absolute atomic E-state index is 0.325. The first kappa shape index (κ1) is 14.4. The SMILES string of the molecule is CN1CCCCC1C(=O)N[C@@H](CC(N)=O)C(=O)O. The van der Waals surface area contributed by atoms with Gasteiger partial charge in [0.1, 0.15) is 6.04 Å². The Labute approximate surface area is 105 Å². The Hall–Kier alpha value is -1.63. The van der Waals surface area contributed by atoms with Crippen LogP contribution in [0.5, 0.6) is 0 Å². The van der Waals surface area contributed by atoms with Crippen LogP contribution >= 0.6 is 0 Å². The summed E-state index contributed by atoms with van der Waals surface area (Å²) in [4.78, 5) is 35.5. The second kappa shape index (κ2) is 6.34. The molecule has 0 bridgehead atoms. The van der Waals surface area contributed by atoms with Crippen molar-refractivity contribution in [3.05, 3.63) is 0 Å². The van der Waals surface area contributed by atoms with E-state index in [-0.39, 0.29) is 11.9 Å². The van der Waals surface area contributed by atoms with Crippen LogP contribution in [0.1, 0.15) is 25.7 Å². The molecular weight excluding hydrogens is 238 g/mol. The third kappa shape index (κ3) is 3.99. The fourth-order valence-corrected chi connectivity index (χ4v) is 2.08. The van der Waals surface area contributed by atoms with Crippen LogP contribution < -0.4 is 11.1 Å². The van der Waals surface area contributed by atoms with Crippen LogP contribution in [-0.2, 0) is 14.4 Å². The van der Waals surface area contributed by atoms with E-state index in [1.807, 2.05) is 11.9 Å². The summed E-state index contributed by atoms with van der Waals surface area (Å²) >= 11 is 0. The van der Waals surface area contributed by atoms with E-state index in [2.05, 4.69) is 5.32 Å². The Morgan fingerprint density at radius 3 is 2.61 bits per heavy atom. The summed E-state index contributed by atoms with van der Waals surface area (Å²) in [7, 11) is 1.83. The number of nitrogens with zero attached hydrogens (tertiary/aromatic N) is 1. The van der Waals surface area contributed by atoms with Crippen molar-refractivity contribution in [2.75, 3.05) is 13.6 Å². The lowest BCUT2D eigenvalue weighted by atomic mass is 10.0. The summed E-state index contributed by atoms with van der Waals surface area (Å²) in [6, 6.07) is -1.57. The average molecular weight is 257 g/mol. The number of carbonyl (C=O) groups excluding carboxylic acids is 2. The third-order valence-corrected chi connectivity index (χ3v) is 3.09. The summed E-state index contributed by atoms with van der Waals surface area (Å²) in [6.07, 6.45) is 2.28. The standard InChI is InChI=1S/C11H19N3O4/c1-14-5-3-2-4-8(14)10(16)13-7(11(17)18)6-9(12)15/h7-8H,2-6H2,1H3,(H2,12,15)(H,13,16)(H,17,18)/t7-,8?/m0/s1. The van der Waals surface area contributed by atoms with E-state index >= 15 is 0 Å². The highest BCUT2D eigenvalue weighted by molar-refractivity contribution is 5.90. The Morgan fingerprint density at radius 2 is 2.11 bits per heavy atom. The largest absolute Gasteiger partial charge is 0.480 e. The van der Waals surface area contributed by atoms with Crippen LogP contribution in [0.4, 0.5) is 0 Å². The van der Waals surface area contributed by atoms with Crippen molar-refractivity contribution in [2.24, 2.45) is 5.73 Å². The van der Waals surface area contributed by atoms with Gasteiger partial charge in [-0.3, -0.25) is 14.5 Å². The van der Waals surface area contributed by atoms with Crippen LogP contribution in [0.15, 0.2) is 0 Å². The molecule has 2 atom stereocenters. The van der Waals surface area contributed by atoms with Gasteiger partial charge in [0.15, 0.2) is 0 Å². The number of carboxylic acid groups (broad SMARTS) is 1. The second-order valence-electron chi connectivity index (χ2n) is 4.56. The molecule has 0 aromatic heterocycles. The Bertz CT molecular complexity index is 345. The number of nitrogens with two attached hydrogens (primary N) is 1. The van der Waals surface area contributed by atoms with E-state index in [4.69, 9.17) is 10.8 Å². The van der Waals surface area contributed by atoms with Crippen LogP contribution in [-0.4, -0.2) is 53.5 Å². The molecule has 102 valence electrons. The molecule has 4 N–H and O–H groups in total. The highest BCUT2D eigenvalue weighted by Crippen LogP contribution is 2.15. The number of nitrogens with one attached hydrogen (secondary N) is 1. The van der Waals surface area contributed by atoms with Crippen LogP contribution in [0.25, 0.3) is 0 Å². The fourth-order valence-electron chi connectivity index (χ4n) is 2.08. The zero-order valence-corrected chi connectivity index (χ0v) is 10.4. The zero-order chi connectivity index (χ0) is 13.7. The smallest absolute Gasteiger partial charge is 0.326 e. The van der Waals surface area contributed by atoms with Crippen molar-refractivity contribution in [3.63, 3.8) is 0 Å². The molecule has 0 aromatic carbocycles. The normalized spacial score (nSPS) is 22.2. The van der Waals surface area contributed by atoms with Gasteiger partial charge in [-0.25, -0.2) is 4.79 Å². The van der Waals surface area contributed by atoms with Crippen LogP contribution in [0.3, 0.4) is 0 Å². The molecule has 0 radical (unpaired) electrons. The third-order valence-electron chi connectivity index (χ3n) is 3.09. The van der Waals surface area contributed by atoms with Crippen molar-refractivity contribution in [1.82, 2.24) is 10.2 Å². The number of hydrogen-bond acceptors (Lipinski definition) is 4. The molecular formula is C11H19N3O4. The zero-order valence-electron chi connectivity index (χ0n) is 10.4. The monoisotopic (exact) mass is 257 g/mol. The predicted octanol–water partition coefficient (Wildman–Crippen LogP) is -1.08. The maximum Gasteiger partial charge on any atom is 0.326 e. The molecule has 1 unspecified atom stereocenters. The maximum absolute atomic E-state index is 11.9. The molecule has 0 aliphatic carbocycles. The minimum atomic E-state index is -1.25. The van der Waals surface area contributed by atoms with Gasteiger partial charge >= 0.3 is 5.97 Å². The van der Waals surface area contributed by atoms with E-state index in [9.17, 15) is 14.4 Å². The van der Waals surface area contributed by atoms with Crippen molar-refractivity contribution in [2.45, 2.75) is 37.8 Å². The molecule has 1 fully saturated rings. The Balaban J connectivity index is 2.59. The lowest BCUT2D eigenvalue weighted by Crippen LogP contribution is -2.52. The second-order valence-corrected chi connectivity index (χ2v) is 4.56. The number of amides is 2. The van der Waals surface area contributed by atoms with Crippen molar-refractivity contribution < 1.29 is 19.5 Å². The van der Waals surface area contributed by atoms with Crippen molar-refractivity contribution in [3.8, 4) is 0 Å². The number of rotatable bonds is 5. The number of hydrogen-bond donors (Lipinski definition) is 3. The Morgan fingerprint density at radius 1 is 1.44 bits per heavy atom. The highest BCUT2D eigenvalue weighted by atomic mass is 16.4. The number of primary amides is 1. The number of carboxylic acids is 1. The van der Waals surface area contributed by atoms with Crippen molar-refractivity contribution >= 4 is 17.8 Å². The number of aliphatic carboxylic acids is 1. The van der Waals surface area contributed by atoms with Gasteiger partial charge in [-0.05, 0) is 26.4 Å². The molecule has 0 spiro atoms. The molecule has 1 aliphatic heterocycles. The molecule has 1 saturated heterocycles. The summed E-state index contributed by atoms with van der Waals surface area (Å²) in [5.74, 6) is -2.36. The van der Waals surface area contributed by atoms with Crippen LogP contribution in [0, 0.1) is 0 Å². The van der Waals surface area contributed by atoms with Crippen LogP contribution in [0.2, 0.25) is 0 Å². The first-order valence-corrected chi connectivity index (χ1v) is 5.93. The lowest BCUT2D eigenvalue weighted by molar-refractivity contribution is -0.144. The fraction of sp³-hybridized carbons (Fsp3) is 0.727. The van der Waals surface area contributed by atoms with Crippen molar-refractivity contribution in [1.29, 1.82) is 0 Å². The Kier molecular flexibility index (Phi) is 5.08. The van der Waals surface area contributed by atoms with Gasteiger partial charge < -0.3 is 16.2 Å². The van der Waals surface area contributed by atoms with Gasteiger partial charge in [0.25, 0.3) is 0 Å². The van der Waals surface area contributed by atoms with Gasteiger partial charge in [0.2, 0.25) is 11.8 Å². The van der Waals surface area contributed by atoms with Gasteiger partial charge in [-0.2, -0.15) is 0 Å². The number of carbonyl (C=O) groups is 3. The van der Waals surface area contributed by atoms with E-state index in [0.717, 1.165) is 19.4 Å². The molecule has 0 saturated carbocycles. The molecule has 1 aliphatic rings. The van der Waals surface area contributed by atoms with E-state index in [1.165, 1.54) is 0 Å². The molecule has 18 heavy (non-hydrogen) atoms. The van der Waals surface area contributed by atoms with E-state index < -0.39 is 24.3 Å². The summed E-state index contributed by atoms with van der Waals surface area (Å²) < 4.78 is 0. The molecule has 7 nitrogen and oxygen atoms in total. The van der Waals surface area contributed by atoms with E-state index in [0.29, 0.717) is 6.42 Å². The number of likely N-dealkylation sites (N-methyl/N-ethyl adjacent to an activating group) is 1. The van der Waals surface area contributed by atoms with Gasteiger partial charge in [-0.1, -0.05) is 6.42 Å². The average Bonchev–Trinajstić information content (AvgIpc) is 2.27. The van der Waals surface area contributed by atoms with Gasteiger partial charge in [-0.15, -0.1) is 0 Å². The first-order chi connectivity index (χ1) is 8.41. The molecule has 0 aromatic rings. The first-order valence-electron chi connectivity index (χ1n) is 5.93. The number of piperidine rings is 1. The highest BCUT2D eigenvalue weighted by Gasteiger charge is 2.30. The maximum atomic E-state index is 11.9. The molecule has 2 amide bonds.